The molecule has 1 unspecified atom stereocenters. The van der Waals surface area contributed by atoms with Crippen LogP contribution in [0.5, 0.6) is 0 Å². The van der Waals surface area contributed by atoms with E-state index in [1.807, 2.05) is 6.07 Å². The Balaban J connectivity index is 2.11. The third kappa shape index (κ3) is 3.63. The van der Waals surface area contributed by atoms with Crippen molar-refractivity contribution in [2.24, 2.45) is 13.0 Å². The van der Waals surface area contributed by atoms with E-state index in [9.17, 15) is 4.39 Å². The van der Waals surface area contributed by atoms with E-state index in [-0.39, 0.29) is 11.7 Å². The third-order valence-electron chi connectivity index (χ3n) is 3.15. The van der Waals surface area contributed by atoms with Gasteiger partial charge in [0, 0.05) is 19.2 Å². The summed E-state index contributed by atoms with van der Waals surface area (Å²) >= 11 is 1.39. The van der Waals surface area contributed by atoms with Gasteiger partial charge < -0.3 is 4.57 Å². The van der Waals surface area contributed by atoms with Crippen LogP contribution >= 0.6 is 11.8 Å². The number of halogens is 1. The summed E-state index contributed by atoms with van der Waals surface area (Å²) in [5.74, 6) is 0.421. The zero-order valence-electron chi connectivity index (χ0n) is 12.0. The van der Waals surface area contributed by atoms with E-state index in [1.165, 1.54) is 17.8 Å². The average molecular weight is 315 g/mol. The average Bonchev–Trinajstić information content (AvgIpc) is 2.89. The number of benzene rings is 1. The van der Waals surface area contributed by atoms with Crippen LogP contribution in [0.4, 0.5) is 4.39 Å². The Morgan fingerprint density at radius 3 is 2.77 bits per heavy atom. The minimum atomic E-state index is -0.349. The van der Waals surface area contributed by atoms with Crippen molar-refractivity contribution in [2.75, 3.05) is 5.75 Å². The number of rotatable bonds is 6. The molecule has 0 saturated carbocycles. The molecular weight excluding hydrogens is 301 g/mol. The SMILES string of the molecule is Cn1c(SCC(C#N)CCC#N)nnc1-c1ccccc1F. The molecule has 1 aromatic heterocycles. The van der Waals surface area contributed by atoms with E-state index in [4.69, 9.17) is 10.5 Å². The van der Waals surface area contributed by atoms with Crippen molar-refractivity contribution in [1.82, 2.24) is 14.8 Å². The summed E-state index contributed by atoms with van der Waals surface area (Å²) < 4.78 is 15.5. The smallest absolute Gasteiger partial charge is 0.191 e. The highest BCUT2D eigenvalue weighted by molar-refractivity contribution is 7.99. The van der Waals surface area contributed by atoms with Gasteiger partial charge in [-0.2, -0.15) is 10.5 Å². The predicted octanol–water partition coefficient (Wildman–Crippen LogP) is 3.16. The van der Waals surface area contributed by atoms with Gasteiger partial charge in [-0.3, -0.25) is 0 Å². The van der Waals surface area contributed by atoms with Gasteiger partial charge >= 0.3 is 0 Å². The fourth-order valence-corrected chi connectivity index (χ4v) is 2.89. The zero-order valence-corrected chi connectivity index (χ0v) is 12.8. The summed E-state index contributed by atoms with van der Waals surface area (Å²) in [6, 6.07) is 10.6. The number of aromatic nitrogens is 3. The lowest BCUT2D eigenvalue weighted by atomic mass is 10.1. The minimum Gasteiger partial charge on any atom is -0.305 e. The molecule has 0 radical (unpaired) electrons. The first-order chi connectivity index (χ1) is 10.7. The monoisotopic (exact) mass is 315 g/mol. The molecule has 112 valence electrons. The number of hydrogen-bond donors (Lipinski definition) is 0. The Morgan fingerprint density at radius 1 is 1.32 bits per heavy atom. The molecule has 2 aromatic rings. The Kier molecular flexibility index (Phi) is 5.51. The molecule has 1 heterocycles. The van der Waals surface area contributed by atoms with Crippen LogP contribution in [0.1, 0.15) is 12.8 Å². The molecule has 0 bridgehead atoms. The maximum absolute atomic E-state index is 13.8. The van der Waals surface area contributed by atoms with Crippen molar-refractivity contribution < 1.29 is 4.39 Å². The minimum absolute atomic E-state index is 0.210. The van der Waals surface area contributed by atoms with Crippen molar-refractivity contribution >= 4 is 11.8 Å². The number of thioether (sulfide) groups is 1. The largest absolute Gasteiger partial charge is 0.305 e. The lowest BCUT2D eigenvalue weighted by Gasteiger charge is -2.07. The molecular formula is C15H14FN5S. The van der Waals surface area contributed by atoms with Gasteiger partial charge in [-0.1, -0.05) is 23.9 Å². The predicted molar refractivity (Wildman–Crippen MR) is 81.1 cm³/mol. The van der Waals surface area contributed by atoms with Crippen LogP contribution in [0.2, 0.25) is 0 Å². The van der Waals surface area contributed by atoms with E-state index in [1.54, 1.807) is 29.8 Å². The van der Waals surface area contributed by atoms with E-state index in [0.29, 0.717) is 35.1 Å². The second kappa shape index (κ2) is 7.58. The second-order valence-corrected chi connectivity index (χ2v) is 5.67. The highest BCUT2D eigenvalue weighted by Crippen LogP contribution is 2.26. The van der Waals surface area contributed by atoms with Crippen molar-refractivity contribution in [3.8, 4) is 23.5 Å². The van der Waals surface area contributed by atoms with Crippen molar-refractivity contribution in [3.05, 3.63) is 30.1 Å². The van der Waals surface area contributed by atoms with Crippen LogP contribution in [0, 0.1) is 34.4 Å². The van der Waals surface area contributed by atoms with Crippen LogP contribution in [0.3, 0.4) is 0 Å². The molecule has 22 heavy (non-hydrogen) atoms. The first-order valence-electron chi connectivity index (χ1n) is 6.71. The quantitative estimate of drug-likeness (QED) is 0.765. The zero-order chi connectivity index (χ0) is 15.9. The van der Waals surface area contributed by atoms with Crippen LogP contribution in [-0.4, -0.2) is 20.5 Å². The molecule has 5 nitrogen and oxygen atoms in total. The topological polar surface area (TPSA) is 78.3 Å². The lowest BCUT2D eigenvalue weighted by Crippen LogP contribution is -2.02. The molecule has 0 N–H and O–H groups in total. The number of nitrogens with zero attached hydrogens (tertiary/aromatic N) is 5. The number of hydrogen-bond acceptors (Lipinski definition) is 5. The first-order valence-corrected chi connectivity index (χ1v) is 7.69. The Morgan fingerprint density at radius 2 is 2.09 bits per heavy atom. The fourth-order valence-electron chi connectivity index (χ4n) is 1.92. The van der Waals surface area contributed by atoms with Crippen molar-refractivity contribution in [1.29, 1.82) is 10.5 Å². The highest BCUT2D eigenvalue weighted by atomic mass is 32.2. The Hall–Kier alpha value is -2.38. The van der Waals surface area contributed by atoms with E-state index < -0.39 is 0 Å². The molecule has 1 aromatic carbocycles. The van der Waals surface area contributed by atoms with Gasteiger partial charge in [0.05, 0.1) is 23.6 Å². The van der Waals surface area contributed by atoms with Gasteiger partial charge in [0.25, 0.3) is 0 Å². The van der Waals surface area contributed by atoms with Crippen LogP contribution in [0.15, 0.2) is 29.4 Å². The number of nitriles is 2. The Bertz CT molecular complexity index is 728. The molecule has 0 spiro atoms. The highest BCUT2D eigenvalue weighted by Gasteiger charge is 2.16. The standard InChI is InChI=1S/C15H14FN5S/c1-21-14(12-6-2-3-7-13(12)16)19-20-15(21)22-10-11(9-18)5-4-8-17/h2-3,6-7,11H,4-5,10H2,1H3. The Labute approximate surface area is 132 Å². The van der Waals surface area contributed by atoms with Gasteiger partial charge in [-0.15, -0.1) is 10.2 Å². The van der Waals surface area contributed by atoms with Crippen LogP contribution < -0.4 is 0 Å². The van der Waals surface area contributed by atoms with Crippen LogP contribution in [0.25, 0.3) is 11.4 Å². The van der Waals surface area contributed by atoms with Gasteiger partial charge in [-0.25, -0.2) is 4.39 Å². The molecule has 0 aliphatic rings. The van der Waals surface area contributed by atoms with Crippen molar-refractivity contribution in [3.63, 3.8) is 0 Å². The first kappa shape index (κ1) is 16.0. The van der Waals surface area contributed by atoms with Gasteiger partial charge in [0.15, 0.2) is 11.0 Å². The van der Waals surface area contributed by atoms with E-state index >= 15 is 0 Å². The van der Waals surface area contributed by atoms with Crippen LogP contribution in [-0.2, 0) is 7.05 Å². The summed E-state index contributed by atoms with van der Waals surface area (Å²) in [6.45, 7) is 0. The molecule has 2 rings (SSSR count). The summed E-state index contributed by atoms with van der Waals surface area (Å²) in [4.78, 5) is 0. The summed E-state index contributed by atoms with van der Waals surface area (Å²) in [6.07, 6.45) is 0.899. The normalized spacial score (nSPS) is 11.6. The van der Waals surface area contributed by atoms with Crippen molar-refractivity contribution in [2.45, 2.75) is 18.0 Å². The molecule has 0 saturated heterocycles. The second-order valence-electron chi connectivity index (χ2n) is 4.68. The maximum Gasteiger partial charge on any atom is 0.191 e. The maximum atomic E-state index is 13.8. The summed E-state index contributed by atoms with van der Waals surface area (Å²) in [7, 11) is 1.76. The van der Waals surface area contributed by atoms with Gasteiger partial charge in [0.1, 0.15) is 5.82 Å². The molecule has 7 heteroatoms. The molecule has 0 amide bonds. The van der Waals surface area contributed by atoms with Gasteiger partial charge in [-0.05, 0) is 18.6 Å². The third-order valence-corrected chi connectivity index (χ3v) is 4.33. The molecule has 1 atom stereocenters. The fraction of sp³-hybridized carbons (Fsp3) is 0.333. The summed E-state index contributed by atoms with van der Waals surface area (Å²) in [5, 5.41) is 26.3. The summed E-state index contributed by atoms with van der Waals surface area (Å²) in [5.41, 5.74) is 0.394. The molecule has 0 aliphatic carbocycles. The molecule has 0 aliphatic heterocycles. The van der Waals surface area contributed by atoms with Gasteiger partial charge in [0.2, 0.25) is 0 Å². The molecule has 0 fully saturated rings. The lowest BCUT2D eigenvalue weighted by molar-refractivity contribution is 0.628. The van der Waals surface area contributed by atoms with E-state index in [0.717, 1.165) is 0 Å². The van der Waals surface area contributed by atoms with E-state index in [2.05, 4.69) is 16.3 Å².